The van der Waals surface area contributed by atoms with Gasteiger partial charge in [0.25, 0.3) is 0 Å². The van der Waals surface area contributed by atoms with Gasteiger partial charge in [0.15, 0.2) is 0 Å². The topological polar surface area (TPSA) is 105 Å². The van der Waals surface area contributed by atoms with E-state index in [2.05, 4.69) is 37.4 Å². The zero-order chi connectivity index (χ0) is 23.3. The van der Waals surface area contributed by atoms with Gasteiger partial charge >= 0.3 is 12.1 Å². The average molecular weight is 456 g/mol. The highest BCUT2D eigenvalue weighted by Gasteiger charge is 2.38. The molecule has 1 fully saturated rings. The monoisotopic (exact) mass is 456 g/mol. The number of halogens is 3. The summed E-state index contributed by atoms with van der Waals surface area (Å²) in [5.41, 5.74) is 2.47. The molecule has 0 bridgehead atoms. The molecule has 1 saturated carbocycles. The van der Waals surface area contributed by atoms with Crippen molar-refractivity contribution in [3.8, 4) is 0 Å². The van der Waals surface area contributed by atoms with Gasteiger partial charge in [-0.05, 0) is 31.2 Å². The highest BCUT2D eigenvalue weighted by Crippen LogP contribution is 2.32. The van der Waals surface area contributed by atoms with Crippen molar-refractivity contribution >= 4 is 11.9 Å². The fourth-order valence-corrected chi connectivity index (χ4v) is 3.64. The molecule has 0 aromatic carbocycles. The summed E-state index contributed by atoms with van der Waals surface area (Å²) in [6.45, 7) is 3.46. The molecule has 0 radical (unpaired) electrons. The number of hydrogen-bond donors (Lipinski definition) is 2. The van der Waals surface area contributed by atoms with Crippen LogP contribution >= 0.6 is 0 Å². The number of alkyl halides is 3. The fourth-order valence-electron chi connectivity index (χ4n) is 3.64. The molecule has 2 aliphatic rings. The van der Waals surface area contributed by atoms with Crippen LogP contribution in [0.15, 0.2) is 24.7 Å². The maximum absolute atomic E-state index is 11.9. The predicted molar refractivity (Wildman–Crippen MR) is 107 cm³/mol. The van der Waals surface area contributed by atoms with E-state index in [0.29, 0.717) is 18.4 Å². The van der Waals surface area contributed by atoms with Crippen molar-refractivity contribution in [2.24, 2.45) is 13.0 Å². The fraction of sp³-hybridized carbons (Fsp3) is 0.600. The first-order valence-electron chi connectivity index (χ1n) is 10.4. The molecule has 1 unspecified atom stereocenters. The number of fused-ring (bicyclic) bond motifs is 1. The lowest BCUT2D eigenvalue weighted by atomic mass is 10.1. The second kappa shape index (κ2) is 10.2. The molecule has 1 atom stereocenters. The smallest absolute Gasteiger partial charge is 0.475 e. The Kier molecular flexibility index (Phi) is 7.54. The molecular formula is C20H27F3N6O3. The predicted octanol–water partition coefficient (Wildman–Crippen LogP) is 2.11. The maximum Gasteiger partial charge on any atom is 0.490 e. The first-order chi connectivity index (χ1) is 15.1. The molecule has 4 rings (SSSR count). The highest BCUT2D eigenvalue weighted by atomic mass is 19.4. The van der Waals surface area contributed by atoms with Crippen LogP contribution in [-0.2, 0) is 29.7 Å². The van der Waals surface area contributed by atoms with Crippen molar-refractivity contribution in [3.05, 3.63) is 35.9 Å². The van der Waals surface area contributed by atoms with Crippen LogP contribution in [0.5, 0.6) is 0 Å². The Morgan fingerprint density at radius 1 is 1.28 bits per heavy atom. The Balaban J connectivity index is 0.000000360. The van der Waals surface area contributed by atoms with Crippen LogP contribution in [0.1, 0.15) is 43.0 Å². The van der Waals surface area contributed by atoms with Gasteiger partial charge in [0.1, 0.15) is 0 Å². The molecule has 0 saturated heterocycles. The number of nitrogens with one attached hydrogen (secondary N) is 1. The van der Waals surface area contributed by atoms with Crippen molar-refractivity contribution < 1.29 is 27.9 Å². The zero-order valence-electron chi connectivity index (χ0n) is 17.8. The minimum atomic E-state index is -5.08. The number of carboxylic acid groups (broad SMARTS) is 1. The summed E-state index contributed by atoms with van der Waals surface area (Å²) in [5.74, 6) is -1.92. The maximum atomic E-state index is 11.9. The van der Waals surface area contributed by atoms with Crippen molar-refractivity contribution in [2.45, 2.75) is 51.0 Å². The van der Waals surface area contributed by atoms with Crippen LogP contribution in [-0.4, -0.2) is 60.7 Å². The van der Waals surface area contributed by atoms with E-state index in [4.69, 9.17) is 9.90 Å². The van der Waals surface area contributed by atoms with Gasteiger partial charge in [-0.15, -0.1) is 0 Å². The largest absolute Gasteiger partial charge is 0.490 e. The Morgan fingerprint density at radius 3 is 2.59 bits per heavy atom. The van der Waals surface area contributed by atoms with E-state index in [1.165, 1.54) is 24.1 Å². The molecule has 2 aromatic rings. The van der Waals surface area contributed by atoms with Gasteiger partial charge in [0.2, 0.25) is 5.91 Å². The lowest BCUT2D eigenvalue weighted by Crippen LogP contribution is -2.38. The number of aryl methyl sites for hydroxylation is 1. The molecule has 1 aliphatic carbocycles. The highest BCUT2D eigenvalue weighted by molar-refractivity contribution is 5.76. The van der Waals surface area contributed by atoms with Gasteiger partial charge in [-0.1, -0.05) is 0 Å². The van der Waals surface area contributed by atoms with E-state index in [-0.39, 0.29) is 5.91 Å². The molecule has 2 N–H and O–H groups in total. The Labute approximate surface area is 183 Å². The van der Waals surface area contributed by atoms with Gasteiger partial charge in [-0.2, -0.15) is 23.4 Å². The zero-order valence-corrected chi connectivity index (χ0v) is 17.8. The third kappa shape index (κ3) is 7.08. The van der Waals surface area contributed by atoms with Crippen LogP contribution < -0.4 is 5.32 Å². The SMILES string of the molecule is Cn1cc(CN2Cc3ccnn3C(CCNC(=O)CC3CC3)C2)cn1.O=C(O)C(F)(F)F. The third-order valence-electron chi connectivity index (χ3n) is 5.33. The number of aromatic nitrogens is 4. The van der Waals surface area contributed by atoms with Gasteiger partial charge in [0.05, 0.1) is 17.9 Å². The Morgan fingerprint density at radius 2 is 2.00 bits per heavy atom. The Hall–Kier alpha value is -2.89. The Bertz CT molecular complexity index is 922. The van der Waals surface area contributed by atoms with Gasteiger partial charge in [-0.25, -0.2) is 4.79 Å². The minimum absolute atomic E-state index is 0.200. The summed E-state index contributed by atoms with van der Waals surface area (Å²) in [7, 11) is 1.95. The summed E-state index contributed by atoms with van der Waals surface area (Å²) in [4.78, 5) is 23.2. The lowest BCUT2D eigenvalue weighted by Gasteiger charge is -2.33. The molecule has 32 heavy (non-hydrogen) atoms. The number of carbonyl (C=O) groups is 2. The number of rotatable bonds is 7. The van der Waals surface area contributed by atoms with E-state index >= 15 is 0 Å². The molecule has 1 amide bonds. The normalized spacial score (nSPS) is 18.4. The first kappa shape index (κ1) is 23.8. The molecule has 176 valence electrons. The summed E-state index contributed by atoms with van der Waals surface area (Å²) in [5, 5.41) is 19.0. The number of aliphatic carboxylic acids is 1. The molecule has 2 aromatic heterocycles. The van der Waals surface area contributed by atoms with Gasteiger partial charge in [0, 0.05) is 57.6 Å². The van der Waals surface area contributed by atoms with Crippen LogP contribution in [0.2, 0.25) is 0 Å². The van der Waals surface area contributed by atoms with E-state index in [1.807, 2.05) is 24.1 Å². The van der Waals surface area contributed by atoms with Gasteiger partial charge < -0.3 is 10.4 Å². The molecule has 1 aliphatic heterocycles. The van der Waals surface area contributed by atoms with Crippen molar-refractivity contribution in [3.63, 3.8) is 0 Å². The van der Waals surface area contributed by atoms with Crippen LogP contribution in [0.4, 0.5) is 13.2 Å². The van der Waals surface area contributed by atoms with Gasteiger partial charge in [-0.3, -0.25) is 19.1 Å². The molecule has 3 heterocycles. The molecule has 0 spiro atoms. The molecule has 9 nitrogen and oxygen atoms in total. The molecular weight excluding hydrogens is 429 g/mol. The third-order valence-corrected chi connectivity index (χ3v) is 5.33. The van der Waals surface area contributed by atoms with Crippen molar-refractivity contribution in [2.75, 3.05) is 13.1 Å². The number of carboxylic acids is 1. The average Bonchev–Trinajstić information content (AvgIpc) is 3.21. The number of nitrogens with zero attached hydrogens (tertiary/aromatic N) is 5. The number of carbonyl (C=O) groups excluding carboxylic acids is 1. The number of amides is 1. The van der Waals surface area contributed by atoms with E-state index < -0.39 is 12.1 Å². The van der Waals surface area contributed by atoms with Crippen molar-refractivity contribution in [1.29, 1.82) is 0 Å². The summed E-state index contributed by atoms with van der Waals surface area (Å²) in [6, 6.07) is 2.39. The van der Waals surface area contributed by atoms with E-state index in [0.717, 1.165) is 32.6 Å². The standard InChI is InChI=1S/C18H26N6O.C2HF3O2/c1-22-10-15(9-21-22)11-23-12-16(24-17(13-23)5-7-20-24)4-6-19-18(25)8-14-2-3-14;3-2(4,5)1(6)7/h5,7,9-10,14,16H,2-4,6,8,11-13H2,1H3,(H,19,25);(H,6,7). The summed E-state index contributed by atoms with van der Waals surface area (Å²) in [6.07, 6.45) is 4.84. The number of hydrogen-bond acceptors (Lipinski definition) is 5. The van der Waals surface area contributed by atoms with Crippen LogP contribution in [0.25, 0.3) is 0 Å². The summed E-state index contributed by atoms with van der Waals surface area (Å²) >= 11 is 0. The van der Waals surface area contributed by atoms with E-state index in [1.54, 1.807) is 0 Å². The summed E-state index contributed by atoms with van der Waals surface area (Å²) < 4.78 is 35.7. The molecule has 12 heteroatoms. The first-order valence-corrected chi connectivity index (χ1v) is 10.4. The second-order valence-electron chi connectivity index (χ2n) is 8.20. The lowest BCUT2D eigenvalue weighted by molar-refractivity contribution is -0.192. The van der Waals surface area contributed by atoms with Crippen LogP contribution in [0.3, 0.4) is 0 Å². The quantitative estimate of drug-likeness (QED) is 0.661. The second-order valence-corrected chi connectivity index (χ2v) is 8.20. The minimum Gasteiger partial charge on any atom is -0.475 e. The van der Waals surface area contributed by atoms with Crippen molar-refractivity contribution in [1.82, 2.24) is 29.8 Å². The van der Waals surface area contributed by atoms with E-state index in [9.17, 15) is 18.0 Å². The van der Waals surface area contributed by atoms with Crippen LogP contribution in [0, 0.1) is 5.92 Å².